The molecule has 0 N–H and O–H groups in total. The van der Waals surface area contributed by atoms with Gasteiger partial charge in [-0.05, 0) is 24.6 Å². The van der Waals surface area contributed by atoms with Crippen LogP contribution in [-0.2, 0) is 11.3 Å². The Hall–Kier alpha value is -2.11. The Bertz CT molecular complexity index is 506. The van der Waals surface area contributed by atoms with E-state index in [9.17, 15) is 18.0 Å². The fourth-order valence-electron chi connectivity index (χ4n) is 1.46. The molecule has 0 saturated carbocycles. The van der Waals surface area contributed by atoms with Gasteiger partial charge in [-0.15, -0.1) is 0 Å². The molecule has 0 saturated heterocycles. The topological polar surface area (TPSA) is 32.7 Å². The predicted molar refractivity (Wildman–Crippen MR) is 66.2 cm³/mol. The summed E-state index contributed by atoms with van der Waals surface area (Å²) in [5.41, 5.74) is 0.301. The molecule has 1 aromatic carbocycles. The Morgan fingerprint density at radius 1 is 1.32 bits per heavy atom. The zero-order valence-electron chi connectivity index (χ0n) is 10.5. The summed E-state index contributed by atoms with van der Waals surface area (Å²) in [5, 5.41) is 0. The van der Waals surface area contributed by atoms with E-state index in [2.05, 4.69) is 4.99 Å². The number of hydrogen-bond donors (Lipinski definition) is 0. The number of aliphatic imine (C=N–C) groups is 1. The second-order valence-electron chi connectivity index (χ2n) is 3.81. The Kier molecular flexibility index (Phi) is 5.29. The molecule has 0 radical (unpaired) electrons. The number of hydrogen-bond acceptors (Lipinski definition) is 2. The maximum absolute atomic E-state index is 13.1. The first-order valence-electron chi connectivity index (χ1n) is 5.43. The Balaban J connectivity index is 3.04. The Morgan fingerprint density at radius 2 is 1.89 bits per heavy atom. The van der Waals surface area contributed by atoms with Gasteiger partial charge in [-0.25, -0.2) is 13.2 Å². The van der Waals surface area contributed by atoms with Crippen LogP contribution in [0.5, 0.6) is 0 Å². The van der Waals surface area contributed by atoms with E-state index >= 15 is 0 Å². The number of halogens is 3. The minimum atomic E-state index is -1.00. The number of allylic oxidation sites excluding steroid dienone is 1. The molecule has 3 nitrogen and oxygen atoms in total. The molecule has 0 aromatic heterocycles. The molecular formula is C13H13F3N2O. The Labute approximate surface area is 109 Å². The first kappa shape index (κ1) is 14.9. The van der Waals surface area contributed by atoms with E-state index < -0.39 is 17.5 Å². The summed E-state index contributed by atoms with van der Waals surface area (Å²) >= 11 is 0. The molecule has 0 heterocycles. The summed E-state index contributed by atoms with van der Waals surface area (Å²) in [5.74, 6) is -2.04. The summed E-state index contributed by atoms with van der Waals surface area (Å²) in [6.07, 6.45) is 0.972. The quantitative estimate of drug-likeness (QED) is 0.365. The number of nitrogens with zero attached hydrogens (tertiary/aromatic N) is 2. The number of carbonyl (C=O) groups is 1. The van der Waals surface area contributed by atoms with Gasteiger partial charge in [-0.2, -0.15) is 0 Å². The van der Waals surface area contributed by atoms with E-state index in [1.54, 1.807) is 6.92 Å². The van der Waals surface area contributed by atoms with Crippen molar-refractivity contribution in [3.8, 4) is 0 Å². The van der Waals surface area contributed by atoms with Gasteiger partial charge in [0.2, 0.25) is 0 Å². The molecule has 6 heteroatoms. The standard InChI is InChI=1S/C13H13F3N2O/c1-9(17-2)18(7-13(16)8-19)6-10-3-11(14)5-12(15)4-10/h3-5,7-8H,6H2,1-2H3/b13-7+,17-9?. The molecule has 0 amide bonds. The van der Waals surface area contributed by atoms with Crippen molar-refractivity contribution in [3.05, 3.63) is 47.4 Å². The largest absolute Gasteiger partial charge is 0.330 e. The van der Waals surface area contributed by atoms with Crippen LogP contribution in [0.4, 0.5) is 13.2 Å². The molecule has 0 spiro atoms. The lowest BCUT2D eigenvalue weighted by atomic mass is 10.2. The maximum atomic E-state index is 13.1. The molecule has 19 heavy (non-hydrogen) atoms. The van der Waals surface area contributed by atoms with Crippen molar-refractivity contribution in [1.29, 1.82) is 0 Å². The van der Waals surface area contributed by atoms with Gasteiger partial charge in [0.25, 0.3) is 0 Å². The average molecular weight is 270 g/mol. The number of rotatable bonds is 4. The number of amidine groups is 1. The van der Waals surface area contributed by atoms with E-state index in [0.717, 1.165) is 24.4 Å². The van der Waals surface area contributed by atoms with E-state index in [0.29, 0.717) is 11.4 Å². The number of benzene rings is 1. The zero-order chi connectivity index (χ0) is 14.4. The van der Waals surface area contributed by atoms with Crippen LogP contribution in [0, 0.1) is 11.6 Å². The van der Waals surface area contributed by atoms with Gasteiger partial charge in [-0.3, -0.25) is 9.79 Å². The fourth-order valence-corrected chi connectivity index (χ4v) is 1.46. The monoisotopic (exact) mass is 270 g/mol. The van der Waals surface area contributed by atoms with E-state index in [1.165, 1.54) is 11.9 Å². The highest BCUT2D eigenvalue weighted by Crippen LogP contribution is 2.12. The molecule has 0 aliphatic carbocycles. The van der Waals surface area contributed by atoms with Gasteiger partial charge in [0.15, 0.2) is 12.1 Å². The smallest absolute Gasteiger partial charge is 0.179 e. The highest BCUT2D eigenvalue weighted by molar-refractivity contribution is 5.81. The van der Waals surface area contributed by atoms with Crippen LogP contribution >= 0.6 is 0 Å². The van der Waals surface area contributed by atoms with E-state index in [1.807, 2.05) is 0 Å². The highest BCUT2D eigenvalue weighted by Gasteiger charge is 2.09. The second kappa shape index (κ2) is 6.72. The molecule has 1 rings (SSSR count). The van der Waals surface area contributed by atoms with Crippen LogP contribution in [0.25, 0.3) is 0 Å². The minimum absolute atomic E-state index is 0.000880. The van der Waals surface area contributed by atoms with Crippen LogP contribution < -0.4 is 0 Å². The van der Waals surface area contributed by atoms with Crippen LogP contribution in [-0.4, -0.2) is 24.1 Å². The molecule has 1 aromatic rings. The first-order chi connectivity index (χ1) is 8.96. The van der Waals surface area contributed by atoms with Gasteiger partial charge in [-0.1, -0.05) is 0 Å². The van der Waals surface area contributed by atoms with Crippen LogP contribution in [0.15, 0.2) is 35.2 Å². The third-order valence-corrected chi connectivity index (χ3v) is 2.41. The predicted octanol–water partition coefficient (Wildman–Crippen LogP) is 2.82. The van der Waals surface area contributed by atoms with Crippen LogP contribution in [0.2, 0.25) is 0 Å². The summed E-state index contributed by atoms with van der Waals surface area (Å²) < 4.78 is 39.1. The number of aldehydes is 1. The lowest BCUT2D eigenvalue weighted by molar-refractivity contribution is -0.106. The minimum Gasteiger partial charge on any atom is -0.330 e. The van der Waals surface area contributed by atoms with Gasteiger partial charge >= 0.3 is 0 Å². The lowest BCUT2D eigenvalue weighted by Gasteiger charge is -2.19. The van der Waals surface area contributed by atoms with E-state index in [4.69, 9.17) is 0 Å². The zero-order valence-corrected chi connectivity index (χ0v) is 10.5. The average Bonchev–Trinajstić information content (AvgIpc) is 2.35. The van der Waals surface area contributed by atoms with Crippen molar-refractivity contribution in [3.63, 3.8) is 0 Å². The molecule has 102 valence electrons. The second-order valence-corrected chi connectivity index (χ2v) is 3.81. The lowest BCUT2D eigenvalue weighted by Crippen LogP contribution is -2.23. The maximum Gasteiger partial charge on any atom is 0.179 e. The van der Waals surface area contributed by atoms with Crippen molar-refractivity contribution in [1.82, 2.24) is 4.90 Å². The highest BCUT2D eigenvalue weighted by atomic mass is 19.1. The van der Waals surface area contributed by atoms with Gasteiger partial charge < -0.3 is 4.90 Å². The first-order valence-corrected chi connectivity index (χ1v) is 5.43. The summed E-state index contributed by atoms with van der Waals surface area (Å²) in [4.78, 5) is 15.4. The fraction of sp³-hybridized carbons (Fsp3) is 0.231. The molecule has 0 aliphatic rings. The van der Waals surface area contributed by atoms with Crippen molar-refractivity contribution < 1.29 is 18.0 Å². The summed E-state index contributed by atoms with van der Waals surface area (Å²) in [7, 11) is 1.49. The van der Waals surface area contributed by atoms with Gasteiger partial charge in [0, 0.05) is 25.9 Å². The third kappa shape index (κ3) is 4.57. The van der Waals surface area contributed by atoms with Crippen LogP contribution in [0.1, 0.15) is 12.5 Å². The van der Waals surface area contributed by atoms with Crippen molar-refractivity contribution >= 4 is 12.1 Å². The summed E-state index contributed by atoms with van der Waals surface area (Å²) in [6.45, 7) is 1.59. The normalized spacial score (nSPS) is 12.5. The van der Waals surface area contributed by atoms with Crippen molar-refractivity contribution in [2.24, 2.45) is 4.99 Å². The molecule has 0 bridgehead atoms. The number of carbonyl (C=O) groups excluding carboxylic acids is 1. The molecule has 0 atom stereocenters. The van der Waals surface area contributed by atoms with Crippen LogP contribution in [0.3, 0.4) is 0 Å². The molecule has 0 unspecified atom stereocenters. The SMILES string of the molecule is CN=C(C)N(/C=C(/F)C=O)Cc1cc(F)cc(F)c1. The Morgan fingerprint density at radius 3 is 2.37 bits per heavy atom. The third-order valence-electron chi connectivity index (χ3n) is 2.41. The van der Waals surface area contributed by atoms with Crippen molar-refractivity contribution in [2.45, 2.75) is 13.5 Å². The molecular weight excluding hydrogens is 257 g/mol. The van der Waals surface area contributed by atoms with Gasteiger partial charge in [0.05, 0.1) is 5.84 Å². The molecule has 0 aliphatic heterocycles. The van der Waals surface area contributed by atoms with Gasteiger partial charge in [0.1, 0.15) is 11.6 Å². The van der Waals surface area contributed by atoms with Crippen molar-refractivity contribution in [2.75, 3.05) is 7.05 Å². The summed E-state index contributed by atoms with van der Waals surface area (Å²) in [6, 6.07) is 3.01. The molecule has 0 fully saturated rings. The van der Waals surface area contributed by atoms with E-state index in [-0.39, 0.29) is 12.8 Å².